The van der Waals surface area contributed by atoms with Gasteiger partial charge in [0.1, 0.15) is 28.7 Å². The maximum atomic E-state index is 13.8. The molecule has 0 aliphatic heterocycles. The Kier molecular flexibility index (Phi) is 10.4. The largest absolute Gasteiger partial charge is 0.456 e. The monoisotopic (exact) mass is 732 g/mol. The van der Waals surface area contributed by atoms with Gasteiger partial charge in [0.25, 0.3) is 5.91 Å². The van der Waals surface area contributed by atoms with Gasteiger partial charge >= 0.3 is 6.03 Å². The van der Waals surface area contributed by atoms with E-state index in [1.54, 1.807) is 31.2 Å². The van der Waals surface area contributed by atoms with Gasteiger partial charge in [-0.3, -0.25) is 10.1 Å². The molecule has 0 atom stereocenters. The summed E-state index contributed by atoms with van der Waals surface area (Å²) in [6.45, 7) is 1.61. The quantitative estimate of drug-likeness (QED) is 0.165. The molecule has 2 N–H and O–H groups in total. The average Bonchev–Trinajstić information content (AvgIpc) is 2.99. The molecule has 5 rings (SSSR count). The lowest BCUT2D eigenvalue weighted by atomic mass is 10.2. The summed E-state index contributed by atoms with van der Waals surface area (Å²) in [7, 11) is -3.99. The molecule has 0 aromatic heterocycles. The molecule has 0 radical (unpaired) electrons. The number of carbonyl (C=O) groups is 2. The van der Waals surface area contributed by atoms with E-state index in [1.165, 1.54) is 54.2 Å². The molecule has 5 aromatic carbocycles. The van der Waals surface area contributed by atoms with Crippen LogP contribution in [0.15, 0.2) is 117 Å². The number of halogens is 5. The predicted molar refractivity (Wildman–Crippen MR) is 178 cm³/mol. The molecular weight excluding hydrogens is 713 g/mol. The second kappa shape index (κ2) is 14.3. The van der Waals surface area contributed by atoms with E-state index in [0.717, 1.165) is 28.0 Å². The third kappa shape index (κ3) is 8.06. The van der Waals surface area contributed by atoms with Gasteiger partial charge in [0.2, 0.25) is 9.84 Å². The minimum atomic E-state index is -3.99. The second-order valence-corrected chi connectivity index (χ2v) is 14.1. The summed E-state index contributed by atoms with van der Waals surface area (Å²) in [6, 6.07) is 22.3. The number of anilines is 1. The number of urea groups is 1. The highest BCUT2D eigenvalue weighted by atomic mass is 35.5. The van der Waals surface area contributed by atoms with E-state index >= 15 is 0 Å². The first-order valence-electron chi connectivity index (χ1n) is 13.4. The van der Waals surface area contributed by atoms with Crippen molar-refractivity contribution < 1.29 is 31.5 Å². The van der Waals surface area contributed by atoms with Crippen molar-refractivity contribution in [3.63, 3.8) is 0 Å². The van der Waals surface area contributed by atoms with Crippen LogP contribution in [0.2, 0.25) is 15.1 Å². The Morgan fingerprint density at radius 2 is 1.43 bits per heavy atom. The van der Waals surface area contributed by atoms with Crippen LogP contribution in [0.25, 0.3) is 0 Å². The first kappa shape index (κ1) is 34.2. The van der Waals surface area contributed by atoms with E-state index in [-0.39, 0.29) is 37.0 Å². The standard InChI is InChI=1S/C33H21Cl3F2N2O5S2/c1-18-15-21(8-13-29(18)47(43,44)30-14-11-23(17-25(30)36)46-22-9-5-19(34)6-10-22)45-28-12-7-20(16-24(28)35)39-33(42)40-32(41)31-26(37)3-2-4-27(31)38/h2-17H,1H3,(H2,39,40,41,42). The highest BCUT2D eigenvalue weighted by Crippen LogP contribution is 2.37. The van der Waals surface area contributed by atoms with E-state index < -0.39 is 39.0 Å². The van der Waals surface area contributed by atoms with Gasteiger partial charge in [-0.05, 0) is 103 Å². The Morgan fingerprint density at radius 1 is 0.766 bits per heavy atom. The first-order valence-corrected chi connectivity index (χ1v) is 16.9. The van der Waals surface area contributed by atoms with Crippen LogP contribution in [0.1, 0.15) is 15.9 Å². The number of aryl methyl sites for hydroxylation is 1. The number of ether oxygens (including phenoxy) is 1. The van der Waals surface area contributed by atoms with Crippen LogP contribution >= 0.6 is 46.6 Å². The van der Waals surface area contributed by atoms with Crippen LogP contribution in [-0.2, 0) is 9.84 Å². The van der Waals surface area contributed by atoms with Crippen LogP contribution in [-0.4, -0.2) is 20.4 Å². The molecule has 0 saturated heterocycles. The van der Waals surface area contributed by atoms with Gasteiger partial charge in [-0.1, -0.05) is 52.6 Å². The summed E-state index contributed by atoms with van der Waals surface area (Å²) in [5.41, 5.74) is -0.363. The number of hydrogen-bond donors (Lipinski definition) is 2. The van der Waals surface area contributed by atoms with Gasteiger partial charge in [0.15, 0.2) is 0 Å². The zero-order chi connectivity index (χ0) is 33.9. The minimum Gasteiger partial charge on any atom is -0.456 e. The second-order valence-electron chi connectivity index (χ2n) is 9.83. The van der Waals surface area contributed by atoms with Crippen molar-refractivity contribution in [1.29, 1.82) is 0 Å². The molecule has 0 aliphatic carbocycles. The lowest BCUT2D eigenvalue weighted by Crippen LogP contribution is -2.35. The molecule has 0 spiro atoms. The molecule has 47 heavy (non-hydrogen) atoms. The summed E-state index contributed by atoms with van der Waals surface area (Å²) >= 11 is 20.1. The average molecular weight is 734 g/mol. The zero-order valence-corrected chi connectivity index (χ0v) is 27.9. The predicted octanol–water partition coefficient (Wildman–Crippen LogP) is 9.97. The van der Waals surface area contributed by atoms with Crippen molar-refractivity contribution in [3.05, 3.63) is 135 Å². The fraction of sp³-hybridized carbons (Fsp3) is 0.0303. The van der Waals surface area contributed by atoms with Gasteiger partial charge in [-0.2, -0.15) is 0 Å². The molecular formula is C33H21Cl3F2N2O5S2. The van der Waals surface area contributed by atoms with E-state index in [2.05, 4.69) is 5.32 Å². The number of amides is 3. The number of nitrogens with one attached hydrogen (secondary N) is 2. The van der Waals surface area contributed by atoms with Crippen molar-refractivity contribution in [3.8, 4) is 11.5 Å². The molecule has 7 nitrogen and oxygen atoms in total. The SMILES string of the molecule is Cc1cc(Oc2ccc(NC(=O)NC(=O)c3c(F)cccc3F)cc2Cl)ccc1S(=O)(=O)c1ccc(Sc2ccc(Cl)cc2)cc1Cl. The Balaban J connectivity index is 1.26. The number of hydrogen-bond acceptors (Lipinski definition) is 6. The highest BCUT2D eigenvalue weighted by Gasteiger charge is 2.24. The topological polar surface area (TPSA) is 102 Å². The summed E-state index contributed by atoms with van der Waals surface area (Å²) in [5, 5.41) is 4.93. The smallest absolute Gasteiger partial charge is 0.326 e. The Hall–Kier alpha value is -4.13. The molecule has 5 aromatic rings. The van der Waals surface area contributed by atoms with Gasteiger partial charge in [0, 0.05) is 20.5 Å². The molecule has 14 heteroatoms. The fourth-order valence-corrected chi connectivity index (χ4v) is 7.62. The number of benzene rings is 5. The van der Waals surface area contributed by atoms with Crippen molar-refractivity contribution in [2.45, 2.75) is 26.5 Å². The van der Waals surface area contributed by atoms with Crippen LogP contribution in [0.4, 0.5) is 19.3 Å². The van der Waals surface area contributed by atoms with Crippen LogP contribution in [0.3, 0.4) is 0 Å². The molecule has 0 heterocycles. The Labute approximate surface area is 287 Å². The summed E-state index contributed by atoms with van der Waals surface area (Å²) in [6.07, 6.45) is 0. The zero-order valence-electron chi connectivity index (χ0n) is 24.0. The van der Waals surface area contributed by atoms with Crippen LogP contribution in [0, 0.1) is 18.6 Å². The minimum absolute atomic E-state index is 0.0336. The number of imide groups is 1. The Bertz CT molecular complexity index is 2110. The van der Waals surface area contributed by atoms with Crippen molar-refractivity contribution in [2.75, 3.05) is 5.32 Å². The van der Waals surface area contributed by atoms with Crippen LogP contribution in [0.5, 0.6) is 11.5 Å². The maximum Gasteiger partial charge on any atom is 0.326 e. The van der Waals surface area contributed by atoms with Crippen molar-refractivity contribution in [2.24, 2.45) is 0 Å². The van der Waals surface area contributed by atoms with E-state index in [1.807, 2.05) is 17.4 Å². The Morgan fingerprint density at radius 3 is 2.06 bits per heavy atom. The van der Waals surface area contributed by atoms with Gasteiger partial charge < -0.3 is 10.1 Å². The lowest BCUT2D eigenvalue weighted by molar-refractivity contribution is 0.0959. The normalized spacial score (nSPS) is 11.2. The van der Waals surface area contributed by atoms with E-state index in [4.69, 9.17) is 39.5 Å². The molecule has 3 amide bonds. The molecule has 0 bridgehead atoms. The van der Waals surface area contributed by atoms with Crippen molar-refractivity contribution >= 4 is 74.0 Å². The third-order valence-corrected chi connectivity index (χ3v) is 10.5. The molecule has 0 unspecified atom stereocenters. The number of rotatable bonds is 8. The van der Waals surface area contributed by atoms with E-state index in [9.17, 15) is 26.8 Å². The molecule has 240 valence electrons. The molecule has 0 fully saturated rings. The third-order valence-electron chi connectivity index (χ3n) is 6.51. The van der Waals surface area contributed by atoms with Crippen molar-refractivity contribution in [1.82, 2.24) is 5.32 Å². The van der Waals surface area contributed by atoms with Gasteiger partial charge in [0.05, 0.1) is 19.8 Å². The number of carbonyl (C=O) groups excluding carboxylic acids is 2. The van der Waals surface area contributed by atoms with E-state index in [0.29, 0.717) is 10.6 Å². The molecule has 0 saturated carbocycles. The lowest BCUT2D eigenvalue weighted by Gasteiger charge is -2.14. The number of sulfone groups is 1. The maximum absolute atomic E-state index is 13.8. The molecule has 0 aliphatic rings. The summed E-state index contributed by atoms with van der Waals surface area (Å²) < 4.78 is 60.6. The van der Waals surface area contributed by atoms with Gasteiger partial charge in [-0.15, -0.1) is 0 Å². The highest BCUT2D eigenvalue weighted by molar-refractivity contribution is 7.99. The fourth-order valence-electron chi connectivity index (χ4n) is 4.34. The summed E-state index contributed by atoms with van der Waals surface area (Å²) in [4.78, 5) is 26.1. The van der Waals surface area contributed by atoms with Crippen LogP contribution < -0.4 is 15.4 Å². The summed E-state index contributed by atoms with van der Waals surface area (Å²) in [5.74, 6) is -3.06. The first-order chi connectivity index (χ1) is 22.3. The van der Waals surface area contributed by atoms with Gasteiger partial charge in [-0.25, -0.2) is 22.0 Å².